The van der Waals surface area contributed by atoms with Gasteiger partial charge in [0.05, 0.1) is 5.02 Å². The Bertz CT molecular complexity index is 267. The zero-order valence-electron chi connectivity index (χ0n) is 5.66. The van der Waals surface area contributed by atoms with Gasteiger partial charge in [0.25, 0.3) is 0 Å². The fourth-order valence-corrected chi connectivity index (χ4v) is 0.991. The topological polar surface area (TPSA) is 66.5 Å². The van der Waals surface area contributed by atoms with Crippen LogP contribution in [-0.4, -0.2) is 17.2 Å². The normalized spacial score (nSPS) is 9.73. The van der Waals surface area contributed by atoms with E-state index in [0.717, 1.165) is 0 Å². The summed E-state index contributed by atoms with van der Waals surface area (Å²) < 4.78 is 0. The molecular formula is C6H7BClNO2. The molecule has 1 aromatic rings. The van der Waals surface area contributed by atoms with Crippen LogP contribution in [0.25, 0.3) is 0 Å². The minimum atomic E-state index is -1.56. The van der Waals surface area contributed by atoms with Gasteiger partial charge in [-0.25, -0.2) is 0 Å². The van der Waals surface area contributed by atoms with E-state index in [1.807, 2.05) is 0 Å². The molecule has 0 unspecified atom stereocenters. The summed E-state index contributed by atoms with van der Waals surface area (Å²) >= 11 is 5.64. The van der Waals surface area contributed by atoms with E-state index in [1.165, 1.54) is 6.07 Å². The second-order valence-electron chi connectivity index (χ2n) is 2.12. The molecule has 0 saturated carbocycles. The third-order valence-corrected chi connectivity index (χ3v) is 1.77. The van der Waals surface area contributed by atoms with Gasteiger partial charge < -0.3 is 15.8 Å². The van der Waals surface area contributed by atoms with Crippen molar-refractivity contribution < 1.29 is 10.0 Å². The lowest BCUT2D eigenvalue weighted by atomic mass is 9.80. The van der Waals surface area contributed by atoms with Gasteiger partial charge in [-0.3, -0.25) is 0 Å². The lowest BCUT2D eigenvalue weighted by Crippen LogP contribution is -2.31. The summed E-state index contributed by atoms with van der Waals surface area (Å²) in [6.07, 6.45) is 0. The van der Waals surface area contributed by atoms with Crippen LogP contribution in [0.4, 0.5) is 5.69 Å². The zero-order chi connectivity index (χ0) is 8.43. The molecule has 3 nitrogen and oxygen atoms in total. The summed E-state index contributed by atoms with van der Waals surface area (Å²) in [7, 11) is -1.56. The Morgan fingerprint density at radius 1 is 1.36 bits per heavy atom. The van der Waals surface area contributed by atoms with Crippen LogP contribution in [0.1, 0.15) is 0 Å². The Labute approximate surface area is 69.6 Å². The lowest BCUT2D eigenvalue weighted by molar-refractivity contribution is 0.426. The molecule has 0 aliphatic heterocycles. The Morgan fingerprint density at radius 3 is 2.45 bits per heavy atom. The molecule has 0 aliphatic carbocycles. The van der Waals surface area contributed by atoms with Crippen molar-refractivity contribution >= 4 is 29.9 Å². The second kappa shape index (κ2) is 3.13. The van der Waals surface area contributed by atoms with E-state index in [9.17, 15) is 0 Å². The molecule has 58 valence electrons. The van der Waals surface area contributed by atoms with E-state index in [2.05, 4.69) is 0 Å². The smallest absolute Gasteiger partial charge is 0.423 e. The average Bonchev–Trinajstić information content (AvgIpc) is 1.94. The van der Waals surface area contributed by atoms with Crippen LogP contribution in [0.5, 0.6) is 0 Å². The molecule has 0 aliphatic rings. The largest absolute Gasteiger partial charge is 0.490 e. The predicted molar refractivity (Wildman–Crippen MR) is 45.7 cm³/mol. The number of benzene rings is 1. The Kier molecular flexibility index (Phi) is 2.39. The summed E-state index contributed by atoms with van der Waals surface area (Å²) in [4.78, 5) is 0. The van der Waals surface area contributed by atoms with Gasteiger partial charge in [-0.15, -0.1) is 0 Å². The average molecular weight is 171 g/mol. The molecule has 0 aromatic heterocycles. The summed E-state index contributed by atoms with van der Waals surface area (Å²) in [5.41, 5.74) is 5.98. The van der Waals surface area contributed by atoms with Gasteiger partial charge in [-0.1, -0.05) is 23.7 Å². The first-order valence-corrected chi connectivity index (χ1v) is 3.40. The molecule has 0 fully saturated rings. The fraction of sp³-hybridized carbons (Fsp3) is 0. The maximum Gasteiger partial charge on any atom is 0.490 e. The lowest BCUT2D eigenvalue weighted by Gasteiger charge is -2.03. The number of rotatable bonds is 1. The summed E-state index contributed by atoms with van der Waals surface area (Å²) in [5, 5.41) is 17.7. The van der Waals surface area contributed by atoms with Crippen LogP contribution in [0, 0.1) is 0 Å². The SMILES string of the molecule is Nc1cccc(B(O)O)c1Cl. The highest BCUT2D eigenvalue weighted by Crippen LogP contribution is 2.14. The maximum atomic E-state index is 8.74. The molecule has 5 heteroatoms. The van der Waals surface area contributed by atoms with E-state index >= 15 is 0 Å². The maximum absolute atomic E-state index is 8.74. The van der Waals surface area contributed by atoms with Crippen molar-refractivity contribution in [1.29, 1.82) is 0 Å². The van der Waals surface area contributed by atoms with E-state index in [1.54, 1.807) is 12.1 Å². The quantitative estimate of drug-likeness (QED) is 0.398. The molecule has 4 N–H and O–H groups in total. The van der Waals surface area contributed by atoms with E-state index in [0.29, 0.717) is 5.69 Å². The van der Waals surface area contributed by atoms with Crippen LogP contribution in [0.2, 0.25) is 5.02 Å². The number of hydrogen-bond acceptors (Lipinski definition) is 3. The minimum Gasteiger partial charge on any atom is -0.423 e. The van der Waals surface area contributed by atoms with Gasteiger partial charge in [-0.05, 0) is 6.07 Å². The third-order valence-electron chi connectivity index (χ3n) is 1.34. The van der Waals surface area contributed by atoms with Crippen molar-refractivity contribution in [2.75, 3.05) is 5.73 Å². The molecule has 0 bridgehead atoms. The van der Waals surface area contributed by atoms with Crippen molar-refractivity contribution in [2.45, 2.75) is 0 Å². The number of anilines is 1. The molecule has 1 aromatic carbocycles. The van der Waals surface area contributed by atoms with Crippen LogP contribution >= 0.6 is 11.6 Å². The minimum absolute atomic E-state index is 0.197. The van der Waals surface area contributed by atoms with E-state index in [4.69, 9.17) is 27.4 Å². The van der Waals surface area contributed by atoms with Gasteiger partial charge in [0.2, 0.25) is 0 Å². The molecule has 0 amide bonds. The van der Waals surface area contributed by atoms with Crippen LogP contribution in [0.15, 0.2) is 18.2 Å². The van der Waals surface area contributed by atoms with Crippen molar-refractivity contribution in [3.05, 3.63) is 23.2 Å². The summed E-state index contributed by atoms with van der Waals surface area (Å²) in [6, 6.07) is 4.70. The monoisotopic (exact) mass is 171 g/mol. The molecule has 0 atom stereocenters. The van der Waals surface area contributed by atoms with Gasteiger partial charge in [-0.2, -0.15) is 0 Å². The Hall–Kier alpha value is -0.705. The first-order chi connectivity index (χ1) is 5.13. The molecule has 0 radical (unpaired) electrons. The molecule has 1 rings (SSSR count). The number of nitrogens with two attached hydrogens (primary N) is 1. The Balaban J connectivity index is 3.17. The number of nitrogen functional groups attached to an aromatic ring is 1. The summed E-state index contributed by atoms with van der Waals surface area (Å²) in [5.74, 6) is 0. The fourth-order valence-electron chi connectivity index (χ4n) is 0.768. The van der Waals surface area contributed by atoms with Crippen LogP contribution in [-0.2, 0) is 0 Å². The first-order valence-electron chi connectivity index (χ1n) is 3.03. The van der Waals surface area contributed by atoms with Crippen LogP contribution in [0.3, 0.4) is 0 Å². The van der Waals surface area contributed by atoms with Gasteiger partial charge in [0.1, 0.15) is 0 Å². The van der Waals surface area contributed by atoms with E-state index < -0.39 is 7.12 Å². The molecule has 0 heterocycles. The highest BCUT2D eigenvalue weighted by molar-refractivity contribution is 6.63. The molecular weight excluding hydrogens is 164 g/mol. The third kappa shape index (κ3) is 1.65. The Morgan fingerprint density at radius 2 is 2.00 bits per heavy atom. The van der Waals surface area contributed by atoms with Gasteiger partial charge >= 0.3 is 7.12 Å². The predicted octanol–water partition coefficient (Wildman–Crippen LogP) is -0.398. The first kappa shape index (κ1) is 8.39. The van der Waals surface area contributed by atoms with Gasteiger partial charge in [0.15, 0.2) is 0 Å². The van der Waals surface area contributed by atoms with Crippen molar-refractivity contribution in [2.24, 2.45) is 0 Å². The summed E-state index contributed by atoms with van der Waals surface area (Å²) in [6.45, 7) is 0. The number of halogens is 1. The van der Waals surface area contributed by atoms with Gasteiger partial charge in [0, 0.05) is 11.2 Å². The van der Waals surface area contributed by atoms with E-state index in [-0.39, 0.29) is 10.5 Å². The second-order valence-corrected chi connectivity index (χ2v) is 2.50. The van der Waals surface area contributed by atoms with Crippen molar-refractivity contribution in [3.8, 4) is 0 Å². The standard InChI is InChI=1S/C6H7BClNO2/c8-6-4(7(10)11)2-1-3-5(6)9/h1-3,10-11H,9H2. The molecule has 0 saturated heterocycles. The van der Waals surface area contributed by atoms with Crippen molar-refractivity contribution in [1.82, 2.24) is 0 Å². The van der Waals surface area contributed by atoms with Crippen LogP contribution < -0.4 is 11.2 Å². The highest BCUT2D eigenvalue weighted by atomic mass is 35.5. The zero-order valence-corrected chi connectivity index (χ0v) is 6.42. The number of hydrogen-bond donors (Lipinski definition) is 3. The molecule has 11 heavy (non-hydrogen) atoms. The van der Waals surface area contributed by atoms with Crippen molar-refractivity contribution in [3.63, 3.8) is 0 Å². The molecule has 0 spiro atoms. The highest BCUT2D eigenvalue weighted by Gasteiger charge is 2.15.